The van der Waals surface area contributed by atoms with E-state index in [0.717, 1.165) is 4.90 Å². The fraction of sp³-hybridized carbons (Fsp3) is 0.733. The highest BCUT2D eigenvalue weighted by molar-refractivity contribution is 6.22. The Hall–Kier alpha value is -1.55. The second-order valence-corrected chi connectivity index (χ2v) is 7.12. The number of amidine groups is 2. The summed E-state index contributed by atoms with van der Waals surface area (Å²) in [5.74, 6) is 0.132. The molecule has 0 bridgehead atoms. The first-order valence-electron chi connectivity index (χ1n) is 7.87. The van der Waals surface area contributed by atoms with Crippen molar-refractivity contribution < 1.29 is 24.4 Å². The fourth-order valence-corrected chi connectivity index (χ4v) is 2.70. The van der Waals surface area contributed by atoms with Gasteiger partial charge in [0.25, 0.3) is 17.8 Å². The van der Waals surface area contributed by atoms with Gasteiger partial charge < -0.3 is 15.5 Å². The Bertz CT molecular complexity index is 614. The van der Waals surface area contributed by atoms with Gasteiger partial charge in [-0.3, -0.25) is 14.6 Å². The summed E-state index contributed by atoms with van der Waals surface area (Å²) in [5.41, 5.74) is -0.148. The van der Waals surface area contributed by atoms with Crippen molar-refractivity contribution in [3.8, 4) is 0 Å². The number of amides is 3. The number of carbonyl (C=O) groups is 2. The molecule has 2 aliphatic rings. The van der Waals surface area contributed by atoms with E-state index in [4.69, 9.17) is 0 Å². The van der Waals surface area contributed by atoms with Crippen LogP contribution in [-0.4, -0.2) is 99.7 Å². The first-order valence-corrected chi connectivity index (χ1v) is 7.87. The van der Waals surface area contributed by atoms with E-state index < -0.39 is 24.1 Å². The van der Waals surface area contributed by atoms with Gasteiger partial charge in [-0.25, -0.2) is 9.37 Å². The number of nitrogens with one attached hydrogen (secondary N) is 1. The van der Waals surface area contributed by atoms with Crippen LogP contribution >= 0.6 is 12.4 Å². The maximum Gasteiger partial charge on any atom is 0.333 e. The van der Waals surface area contributed by atoms with Gasteiger partial charge in [0.2, 0.25) is 0 Å². The van der Waals surface area contributed by atoms with Gasteiger partial charge >= 0.3 is 11.9 Å². The first-order chi connectivity index (χ1) is 11.1. The van der Waals surface area contributed by atoms with E-state index in [0.29, 0.717) is 6.54 Å². The van der Waals surface area contributed by atoms with Gasteiger partial charge in [-0.05, 0) is 25.8 Å². The summed E-state index contributed by atoms with van der Waals surface area (Å²) >= 11 is 0. The molecule has 1 fully saturated rings. The monoisotopic (exact) mass is 376 g/mol. The third-order valence-corrected chi connectivity index (χ3v) is 4.03. The number of imide groups is 1. The van der Waals surface area contributed by atoms with Crippen LogP contribution in [0.2, 0.25) is 0 Å². The maximum absolute atomic E-state index is 12.5. The molecule has 0 aromatic heterocycles. The minimum atomic E-state index is -0.802. The summed E-state index contributed by atoms with van der Waals surface area (Å²) in [6.45, 7) is 6.04. The third kappa shape index (κ3) is 4.35. The van der Waals surface area contributed by atoms with Gasteiger partial charge in [0, 0.05) is 26.2 Å². The van der Waals surface area contributed by atoms with Crippen LogP contribution in [0, 0.1) is 0 Å². The number of carbonyl (C=O) groups excluding carboxylic acids is 2. The lowest BCUT2D eigenvalue weighted by atomic mass is 10.1. The van der Waals surface area contributed by atoms with E-state index in [2.05, 4.69) is 10.3 Å². The molecule has 142 valence electrons. The van der Waals surface area contributed by atoms with E-state index in [1.54, 1.807) is 4.58 Å². The summed E-state index contributed by atoms with van der Waals surface area (Å²) in [7, 11) is 2.94. The Morgan fingerprint density at radius 3 is 2.40 bits per heavy atom. The summed E-state index contributed by atoms with van der Waals surface area (Å²) in [6, 6.07) is -1.27. The molecule has 0 radical (unpaired) electrons. The molecule has 25 heavy (non-hydrogen) atoms. The van der Waals surface area contributed by atoms with Crippen LogP contribution in [0.5, 0.6) is 0 Å². The second kappa shape index (κ2) is 7.77. The topological polar surface area (TPSA) is 108 Å². The van der Waals surface area contributed by atoms with Crippen LogP contribution in [0.15, 0.2) is 4.99 Å². The Balaban J connectivity index is 0.00000312. The highest BCUT2D eigenvalue weighted by Crippen LogP contribution is 2.19. The van der Waals surface area contributed by atoms with Gasteiger partial charge in [-0.1, -0.05) is 0 Å². The number of aliphatic hydroxyl groups is 2. The summed E-state index contributed by atoms with van der Waals surface area (Å²) in [6.07, 6.45) is -0.763. The number of aliphatic imine (C=N–C) groups is 1. The normalized spacial score (nSPS) is 22.0. The van der Waals surface area contributed by atoms with Crippen molar-refractivity contribution in [3.05, 3.63) is 0 Å². The summed E-state index contributed by atoms with van der Waals surface area (Å²) in [4.78, 5) is 31.1. The zero-order valence-corrected chi connectivity index (χ0v) is 16.0. The van der Waals surface area contributed by atoms with Crippen molar-refractivity contribution in [2.45, 2.75) is 38.5 Å². The van der Waals surface area contributed by atoms with Crippen LogP contribution in [-0.2, 0) is 4.79 Å². The smallest absolute Gasteiger partial charge is 0.333 e. The molecule has 1 saturated heterocycles. The number of rotatable bonds is 5. The largest absolute Gasteiger partial charge is 0.388 e. The van der Waals surface area contributed by atoms with Crippen molar-refractivity contribution in [1.29, 1.82) is 0 Å². The predicted octanol–water partition coefficient (Wildman–Crippen LogP) is -1.13. The molecular formula is C15H27ClN5O4+. The number of halogens is 1. The van der Waals surface area contributed by atoms with Crippen molar-refractivity contribution in [1.82, 2.24) is 15.1 Å². The Morgan fingerprint density at radius 1 is 1.28 bits per heavy atom. The number of likely N-dealkylation sites (N-methyl/N-ethyl adjacent to an activating group) is 2. The zero-order chi connectivity index (χ0) is 18.2. The number of β-amino-alcohol motifs (C(OH)–C–C–N with tert-alkyl or cyclic N) is 1. The molecule has 2 unspecified atom stereocenters. The van der Waals surface area contributed by atoms with E-state index in [9.17, 15) is 19.8 Å². The number of nitrogens with zero attached hydrogens (tertiary/aromatic N) is 4. The van der Waals surface area contributed by atoms with Gasteiger partial charge in [-0.2, -0.15) is 0 Å². The minimum absolute atomic E-state index is 0. The molecule has 2 aliphatic heterocycles. The standard InChI is InChI=1S/C15H26N5O4.ClH/c1-15(2,3)16-6-9(22)7-20-10(8-21)17-12-11(20)13(23)19(5)14(24)18(12)4;/h9,11,16,21-22H,6-8H2,1-5H3;1H/q+1;. The minimum Gasteiger partial charge on any atom is -0.388 e. The fourth-order valence-electron chi connectivity index (χ4n) is 2.70. The van der Waals surface area contributed by atoms with Crippen LogP contribution in [0.1, 0.15) is 20.8 Å². The first kappa shape index (κ1) is 21.5. The van der Waals surface area contributed by atoms with E-state index >= 15 is 0 Å². The van der Waals surface area contributed by atoms with Crippen molar-refractivity contribution in [2.75, 3.05) is 33.8 Å². The van der Waals surface area contributed by atoms with Gasteiger partial charge in [-0.15, -0.1) is 12.4 Å². The van der Waals surface area contributed by atoms with Crippen LogP contribution in [0.25, 0.3) is 0 Å². The van der Waals surface area contributed by atoms with Crippen molar-refractivity contribution >= 4 is 36.0 Å². The number of fused-ring (bicyclic) bond motifs is 1. The summed E-state index contributed by atoms with van der Waals surface area (Å²) < 4.78 is 1.56. The molecule has 2 heterocycles. The molecule has 9 nitrogen and oxygen atoms in total. The average molecular weight is 377 g/mol. The molecule has 3 N–H and O–H groups in total. The Kier molecular flexibility index (Phi) is 6.68. The molecule has 10 heteroatoms. The third-order valence-electron chi connectivity index (χ3n) is 4.03. The Morgan fingerprint density at radius 2 is 1.88 bits per heavy atom. The van der Waals surface area contributed by atoms with E-state index in [1.165, 1.54) is 19.0 Å². The number of hydrogen-bond donors (Lipinski definition) is 3. The molecule has 0 saturated carbocycles. The number of urea groups is 1. The second-order valence-electron chi connectivity index (χ2n) is 7.12. The highest BCUT2D eigenvalue weighted by Gasteiger charge is 2.53. The lowest BCUT2D eigenvalue weighted by molar-refractivity contribution is -0.544. The SMILES string of the molecule is CN1C(=O)C2C(=NC(CO)=[N+]2CC(O)CNC(C)(C)C)N(C)C1=O.Cl. The van der Waals surface area contributed by atoms with Gasteiger partial charge in [0.05, 0.1) is 0 Å². The molecular weight excluding hydrogens is 350 g/mol. The van der Waals surface area contributed by atoms with Gasteiger partial charge in [0.1, 0.15) is 19.3 Å². The Labute approximate surface area is 153 Å². The zero-order valence-electron chi connectivity index (χ0n) is 15.2. The van der Waals surface area contributed by atoms with Crippen LogP contribution in [0.3, 0.4) is 0 Å². The molecule has 0 aromatic carbocycles. The van der Waals surface area contributed by atoms with Crippen molar-refractivity contribution in [3.63, 3.8) is 0 Å². The van der Waals surface area contributed by atoms with Gasteiger partial charge in [0.15, 0.2) is 0 Å². The molecule has 2 rings (SSSR count). The molecule has 0 spiro atoms. The van der Waals surface area contributed by atoms with Crippen molar-refractivity contribution in [2.24, 2.45) is 4.99 Å². The average Bonchev–Trinajstić information content (AvgIpc) is 2.86. The molecule has 2 atom stereocenters. The van der Waals surface area contributed by atoms with Crippen LogP contribution in [0.4, 0.5) is 4.79 Å². The highest BCUT2D eigenvalue weighted by atomic mass is 35.5. The summed E-state index contributed by atoms with van der Waals surface area (Å²) in [5, 5.41) is 23.0. The van der Waals surface area contributed by atoms with Crippen LogP contribution < -0.4 is 5.32 Å². The number of hydrogen-bond acceptors (Lipinski definition) is 6. The molecule has 3 amide bonds. The molecule has 0 aromatic rings. The van der Waals surface area contributed by atoms with E-state index in [-0.39, 0.29) is 42.8 Å². The maximum atomic E-state index is 12.5. The molecule has 0 aliphatic carbocycles. The quantitative estimate of drug-likeness (QED) is 0.526. The predicted molar refractivity (Wildman–Crippen MR) is 95.4 cm³/mol. The number of aliphatic hydroxyl groups excluding tert-OH is 2. The lowest BCUT2D eigenvalue weighted by Crippen LogP contribution is -2.62. The lowest BCUT2D eigenvalue weighted by Gasteiger charge is -2.31. The van der Waals surface area contributed by atoms with E-state index in [1.807, 2.05) is 20.8 Å².